The van der Waals surface area contributed by atoms with Gasteiger partial charge >= 0.3 is 0 Å². The molecule has 32 heavy (non-hydrogen) atoms. The second kappa shape index (κ2) is 9.48. The van der Waals surface area contributed by atoms with E-state index < -0.39 is 0 Å². The van der Waals surface area contributed by atoms with Crippen molar-refractivity contribution in [3.8, 4) is 0 Å². The smallest absolute Gasteiger partial charge is 0.269 e. The van der Waals surface area contributed by atoms with Gasteiger partial charge < -0.3 is 5.32 Å². The van der Waals surface area contributed by atoms with E-state index in [0.29, 0.717) is 23.0 Å². The van der Waals surface area contributed by atoms with Crippen LogP contribution in [0, 0.1) is 13.8 Å². The Morgan fingerprint density at radius 1 is 1.06 bits per heavy atom. The van der Waals surface area contributed by atoms with Crippen molar-refractivity contribution in [3.63, 3.8) is 0 Å². The van der Waals surface area contributed by atoms with Gasteiger partial charge in [-0.1, -0.05) is 25.0 Å². The number of amides is 1. The van der Waals surface area contributed by atoms with Crippen LogP contribution in [-0.4, -0.2) is 20.6 Å². The first-order valence-corrected chi connectivity index (χ1v) is 11.3. The third-order valence-corrected chi connectivity index (χ3v) is 6.18. The van der Waals surface area contributed by atoms with Crippen molar-refractivity contribution >= 4 is 39.8 Å². The number of benzene rings is 2. The Morgan fingerprint density at radius 2 is 1.88 bits per heavy atom. The minimum Gasteiger partial charge on any atom is -0.331 e. The highest BCUT2D eigenvalue weighted by Crippen LogP contribution is 2.18. The number of thiocarbonyl (C=S) groups is 1. The predicted molar refractivity (Wildman–Crippen MR) is 131 cm³/mol. The summed E-state index contributed by atoms with van der Waals surface area (Å²) in [5.74, 6) is 0.447. The summed E-state index contributed by atoms with van der Waals surface area (Å²) in [4.78, 5) is 30.3. The van der Waals surface area contributed by atoms with Crippen LogP contribution in [0.5, 0.6) is 0 Å². The zero-order valence-electron chi connectivity index (χ0n) is 18.3. The van der Waals surface area contributed by atoms with Gasteiger partial charge in [-0.05, 0) is 74.3 Å². The van der Waals surface area contributed by atoms with Gasteiger partial charge in [0, 0.05) is 24.2 Å². The molecule has 0 fully saturated rings. The van der Waals surface area contributed by atoms with Gasteiger partial charge in [0.05, 0.1) is 10.9 Å². The summed E-state index contributed by atoms with van der Waals surface area (Å²) in [6.07, 6.45) is 5.07. The number of carbonyl (C=O) groups excluding carboxylic acids is 1. The molecule has 4 rings (SSSR count). The zero-order chi connectivity index (χ0) is 22.7. The molecule has 7 nitrogen and oxygen atoms in total. The summed E-state index contributed by atoms with van der Waals surface area (Å²) >= 11 is 5.30. The molecule has 1 aliphatic heterocycles. The van der Waals surface area contributed by atoms with Crippen molar-refractivity contribution in [1.29, 1.82) is 0 Å². The Morgan fingerprint density at radius 3 is 2.72 bits per heavy atom. The highest BCUT2D eigenvalue weighted by Gasteiger charge is 2.15. The predicted octanol–water partition coefficient (Wildman–Crippen LogP) is 3.76. The maximum atomic E-state index is 12.9. The van der Waals surface area contributed by atoms with Crippen LogP contribution in [0.3, 0.4) is 0 Å². The summed E-state index contributed by atoms with van der Waals surface area (Å²) < 4.78 is 1.79. The van der Waals surface area contributed by atoms with Crippen LogP contribution in [-0.2, 0) is 13.0 Å². The molecule has 1 amide bonds. The first-order chi connectivity index (χ1) is 15.4. The summed E-state index contributed by atoms with van der Waals surface area (Å²) in [6.45, 7) is 4.73. The van der Waals surface area contributed by atoms with Crippen molar-refractivity contribution in [2.75, 3.05) is 5.32 Å². The van der Waals surface area contributed by atoms with Crippen molar-refractivity contribution < 1.29 is 4.79 Å². The van der Waals surface area contributed by atoms with Crippen molar-refractivity contribution in [1.82, 2.24) is 20.4 Å². The molecule has 0 bridgehead atoms. The fraction of sp³-hybridized carbons (Fsp3) is 0.333. The van der Waals surface area contributed by atoms with Gasteiger partial charge in [0.1, 0.15) is 5.82 Å². The lowest BCUT2D eigenvalue weighted by molar-refractivity contribution is 0.0944. The van der Waals surface area contributed by atoms with Gasteiger partial charge in [-0.15, -0.1) is 0 Å². The molecule has 0 aliphatic carbocycles. The summed E-state index contributed by atoms with van der Waals surface area (Å²) in [7, 11) is 0. The van der Waals surface area contributed by atoms with Crippen molar-refractivity contribution in [3.05, 3.63) is 69.3 Å². The normalized spacial score (nSPS) is 13.6. The summed E-state index contributed by atoms with van der Waals surface area (Å²) in [6, 6.07) is 10.9. The quantitative estimate of drug-likeness (QED) is 0.408. The van der Waals surface area contributed by atoms with Gasteiger partial charge in [-0.3, -0.25) is 25.0 Å². The van der Waals surface area contributed by atoms with Gasteiger partial charge in [0.2, 0.25) is 0 Å². The first-order valence-electron chi connectivity index (χ1n) is 10.9. The van der Waals surface area contributed by atoms with E-state index in [4.69, 9.17) is 17.2 Å². The largest absolute Gasteiger partial charge is 0.331 e. The molecule has 8 heteroatoms. The third kappa shape index (κ3) is 4.65. The lowest BCUT2D eigenvalue weighted by Crippen LogP contribution is -2.43. The second-order valence-electron chi connectivity index (χ2n) is 8.16. The molecule has 3 N–H and O–H groups in total. The number of aryl methyl sites for hydroxylation is 2. The van der Waals surface area contributed by atoms with E-state index in [-0.39, 0.29) is 16.6 Å². The maximum Gasteiger partial charge on any atom is 0.269 e. The molecule has 1 aliphatic rings. The number of rotatable bonds is 2. The molecule has 2 heterocycles. The minimum atomic E-state index is -0.356. The number of fused-ring (bicyclic) bond motifs is 2. The Balaban J connectivity index is 1.48. The number of aromatic nitrogens is 2. The average molecular weight is 450 g/mol. The highest BCUT2D eigenvalue weighted by molar-refractivity contribution is 7.80. The highest BCUT2D eigenvalue weighted by atomic mass is 32.1. The summed E-state index contributed by atoms with van der Waals surface area (Å²) in [5, 5.41) is 3.91. The van der Waals surface area contributed by atoms with E-state index in [1.54, 1.807) is 22.8 Å². The lowest BCUT2D eigenvalue weighted by Gasteiger charge is -2.16. The van der Waals surface area contributed by atoms with Crippen LogP contribution >= 0.6 is 12.2 Å². The minimum absolute atomic E-state index is 0.0316. The molecule has 166 valence electrons. The SMILES string of the molecule is Cc1cccc(NC(=S)NNC(=O)c2ccc3c(=O)n4c(nc3c2)CCCCCC4)c1C. The molecular weight excluding hydrogens is 422 g/mol. The lowest BCUT2D eigenvalue weighted by atomic mass is 10.1. The average Bonchev–Trinajstić information content (AvgIpc) is 2.76. The third-order valence-electron chi connectivity index (χ3n) is 5.97. The second-order valence-corrected chi connectivity index (χ2v) is 8.57. The molecule has 1 aromatic heterocycles. The number of hydrazine groups is 1. The number of nitrogens with one attached hydrogen (secondary N) is 3. The number of nitrogens with zero attached hydrogens (tertiary/aromatic N) is 2. The molecule has 0 spiro atoms. The standard InChI is InChI=1S/C24H27N5O2S/c1-15-8-7-9-19(16(15)2)26-24(32)28-27-22(30)17-11-12-18-20(14-17)25-21-10-5-3-4-6-13-29(21)23(18)31/h7-9,11-12,14H,3-6,10,13H2,1-2H3,(H,27,30)(H2,26,28,32). The Labute approximate surface area is 192 Å². The fourth-order valence-electron chi connectivity index (χ4n) is 3.96. The summed E-state index contributed by atoms with van der Waals surface area (Å²) in [5.41, 5.74) is 9.38. The first kappa shape index (κ1) is 22.0. The Hall–Kier alpha value is -3.26. The maximum absolute atomic E-state index is 12.9. The number of carbonyl (C=O) groups is 1. The van der Waals surface area contributed by atoms with Crippen LogP contribution in [0.1, 0.15) is 53.0 Å². The van der Waals surface area contributed by atoms with Crippen LogP contribution < -0.4 is 21.7 Å². The number of hydrogen-bond acceptors (Lipinski definition) is 4. The molecule has 0 saturated heterocycles. The van der Waals surface area contributed by atoms with E-state index in [0.717, 1.165) is 54.7 Å². The van der Waals surface area contributed by atoms with E-state index in [9.17, 15) is 9.59 Å². The Kier molecular flexibility index (Phi) is 6.50. The molecule has 0 atom stereocenters. The van der Waals surface area contributed by atoms with Crippen LogP contribution in [0.15, 0.2) is 41.2 Å². The molecule has 3 aromatic rings. The fourth-order valence-corrected chi connectivity index (χ4v) is 4.12. The van der Waals surface area contributed by atoms with E-state index in [2.05, 4.69) is 16.2 Å². The van der Waals surface area contributed by atoms with Crippen molar-refractivity contribution in [2.45, 2.75) is 52.5 Å². The molecular formula is C24H27N5O2S. The van der Waals surface area contributed by atoms with Gasteiger partial charge in [-0.25, -0.2) is 4.98 Å². The van der Waals surface area contributed by atoms with Crippen molar-refractivity contribution in [2.24, 2.45) is 0 Å². The molecule has 0 radical (unpaired) electrons. The van der Waals surface area contributed by atoms with Crippen LogP contribution in [0.25, 0.3) is 10.9 Å². The monoisotopic (exact) mass is 449 g/mol. The van der Waals surface area contributed by atoms with Gasteiger partial charge in [-0.2, -0.15) is 0 Å². The molecule has 0 saturated carbocycles. The zero-order valence-corrected chi connectivity index (χ0v) is 19.1. The molecule has 0 unspecified atom stereocenters. The molecule has 2 aromatic carbocycles. The number of anilines is 1. The van der Waals surface area contributed by atoms with Gasteiger partial charge in [0.15, 0.2) is 5.11 Å². The van der Waals surface area contributed by atoms with Crippen LogP contribution in [0.4, 0.5) is 5.69 Å². The Bertz CT molecular complexity index is 1250. The topological polar surface area (TPSA) is 88.0 Å². The van der Waals surface area contributed by atoms with E-state index in [1.165, 1.54) is 0 Å². The van der Waals surface area contributed by atoms with Crippen LogP contribution in [0.2, 0.25) is 0 Å². The van der Waals surface area contributed by atoms with E-state index >= 15 is 0 Å². The van der Waals surface area contributed by atoms with Gasteiger partial charge in [0.25, 0.3) is 11.5 Å². The van der Waals surface area contributed by atoms with E-state index in [1.807, 2.05) is 32.0 Å². The number of hydrogen-bond donors (Lipinski definition) is 3.